The third-order valence-corrected chi connectivity index (χ3v) is 6.05. The fourth-order valence-corrected chi connectivity index (χ4v) is 4.51. The number of pyridine rings is 2. The van der Waals surface area contributed by atoms with Gasteiger partial charge < -0.3 is 14.8 Å². The summed E-state index contributed by atoms with van der Waals surface area (Å²) in [4.78, 5) is 11.1. The van der Waals surface area contributed by atoms with Crippen LogP contribution in [0.4, 0.5) is 5.69 Å². The maximum atomic E-state index is 5.80. The minimum atomic E-state index is -0.0901. The second kappa shape index (κ2) is 8.01. The quantitative estimate of drug-likeness (QED) is 0.410. The van der Waals surface area contributed by atoms with E-state index in [0.717, 1.165) is 27.2 Å². The molecular weight excluding hydrogens is 458 g/mol. The topological polar surface area (TPSA) is 46.0 Å². The zero-order valence-corrected chi connectivity index (χ0v) is 18.3. The standard InChI is InChI=1S/C23H18BrN5S/c24-16-8-10-17(11-9-16)29-22(21(27-23(29)30)19-6-1-2-13-26-19)20-7-4-14-28(20)18-5-3-12-25-15-18/h1-15,21-22H,(H,27,30)/t21-,22-/m1/s1. The van der Waals surface area contributed by atoms with Crippen LogP contribution in [-0.4, -0.2) is 19.6 Å². The van der Waals surface area contributed by atoms with E-state index in [4.69, 9.17) is 12.2 Å². The Morgan fingerprint density at radius 2 is 1.77 bits per heavy atom. The molecule has 7 heteroatoms. The number of anilines is 1. The largest absolute Gasteiger partial charge is 0.351 e. The van der Waals surface area contributed by atoms with Gasteiger partial charge in [0.2, 0.25) is 0 Å². The molecule has 0 spiro atoms. The van der Waals surface area contributed by atoms with Crippen molar-refractivity contribution in [1.82, 2.24) is 19.9 Å². The molecule has 0 amide bonds. The van der Waals surface area contributed by atoms with E-state index in [1.54, 1.807) is 6.20 Å². The highest BCUT2D eigenvalue weighted by atomic mass is 79.9. The van der Waals surface area contributed by atoms with Crippen molar-refractivity contribution in [2.24, 2.45) is 0 Å². The molecule has 5 rings (SSSR count). The first-order valence-corrected chi connectivity index (χ1v) is 10.8. The summed E-state index contributed by atoms with van der Waals surface area (Å²) in [5, 5.41) is 4.18. The van der Waals surface area contributed by atoms with Crippen LogP contribution >= 0.6 is 28.1 Å². The molecule has 1 fully saturated rings. The average molecular weight is 476 g/mol. The van der Waals surface area contributed by atoms with Crippen molar-refractivity contribution in [3.05, 3.63) is 107 Å². The first kappa shape index (κ1) is 19.0. The third kappa shape index (κ3) is 3.40. The lowest BCUT2D eigenvalue weighted by Gasteiger charge is -2.29. The van der Waals surface area contributed by atoms with Crippen LogP contribution in [0.25, 0.3) is 5.69 Å². The van der Waals surface area contributed by atoms with Gasteiger partial charge in [-0.25, -0.2) is 0 Å². The van der Waals surface area contributed by atoms with Gasteiger partial charge in [-0.2, -0.15) is 0 Å². The number of nitrogens with zero attached hydrogens (tertiary/aromatic N) is 4. The Balaban J connectivity index is 1.67. The number of rotatable bonds is 4. The zero-order chi connectivity index (χ0) is 20.5. The van der Waals surface area contributed by atoms with Crippen LogP contribution in [-0.2, 0) is 0 Å². The van der Waals surface area contributed by atoms with Crippen molar-refractivity contribution in [3.63, 3.8) is 0 Å². The van der Waals surface area contributed by atoms with E-state index in [0.29, 0.717) is 5.11 Å². The predicted molar refractivity (Wildman–Crippen MR) is 126 cm³/mol. The molecule has 1 saturated heterocycles. The van der Waals surface area contributed by atoms with E-state index in [1.165, 1.54) is 0 Å². The summed E-state index contributed by atoms with van der Waals surface area (Å²) >= 11 is 9.32. The number of hydrogen-bond acceptors (Lipinski definition) is 3. The van der Waals surface area contributed by atoms with Crippen molar-refractivity contribution in [1.29, 1.82) is 0 Å². The molecule has 0 bridgehead atoms. The highest BCUT2D eigenvalue weighted by Crippen LogP contribution is 2.42. The Bertz CT molecular complexity index is 1160. The van der Waals surface area contributed by atoms with Gasteiger partial charge in [-0.1, -0.05) is 22.0 Å². The number of aromatic nitrogens is 3. The van der Waals surface area contributed by atoms with Gasteiger partial charge in [-0.15, -0.1) is 0 Å². The molecule has 30 heavy (non-hydrogen) atoms. The highest BCUT2D eigenvalue weighted by Gasteiger charge is 2.42. The molecule has 2 atom stereocenters. The monoisotopic (exact) mass is 475 g/mol. The fourth-order valence-electron chi connectivity index (χ4n) is 3.90. The van der Waals surface area contributed by atoms with Crippen molar-refractivity contribution < 1.29 is 0 Å². The number of hydrogen-bond donors (Lipinski definition) is 1. The first-order valence-electron chi connectivity index (χ1n) is 9.56. The van der Waals surface area contributed by atoms with E-state index >= 15 is 0 Å². The summed E-state index contributed by atoms with van der Waals surface area (Å²) in [6.07, 6.45) is 7.52. The number of thiocarbonyl (C=S) groups is 1. The Hall–Kier alpha value is -3.03. The minimum Gasteiger partial charge on any atom is -0.351 e. The van der Waals surface area contributed by atoms with Crippen LogP contribution in [0.5, 0.6) is 0 Å². The van der Waals surface area contributed by atoms with E-state index in [1.807, 2.05) is 48.8 Å². The number of halogens is 1. The molecule has 4 aromatic rings. The van der Waals surface area contributed by atoms with E-state index in [9.17, 15) is 0 Å². The Morgan fingerprint density at radius 1 is 0.900 bits per heavy atom. The maximum absolute atomic E-state index is 5.80. The summed E-state index contributed by atoms with van der Waals surface area (Å²) < 4.78 is 3.19. The minimum absolute atomic E-state index is 0.0798. The van der Waals surface area contributed by atoms with Gasteiger partial charge >= 0.3 is 0 Å². The number of nitrogens with one attached hydrogen (secondary N) is 1. The van der Waals surface area contributed by atoms with Crippen LogP contribution < -0.4 is 10.2 Å². The highest BCUT2D eigenvalue weighted by molar-refractivity contribution is 9.10. The zero-order valence-electron chi connectivity index (χ0n) is 15.9. The molecule has 4 heterocycles. The summed E-state index contributed by atoms with van der Waals surface area (Å²) in [7, 11) is 0. The van der Waals surface area contributed by atoms with Gasteiger partial charge in [0.05, 0.1) is 23.6 Å². The van der Waals surface area contributed by atoms with E-state index < -0.39 is 0 Å². The summed E-state index contributed by atoms with van der Waals surface area (Å²) in [6.45, 7) is 0. The third-order valence-electron chi connectivity index (χ3n) is 5.21. The summed E-state index contributed by atoms with van der Waals surface area (Å²) in [5.74, 6) is 0. The smallest absolute Gasteiger partial charge is 0.174 e. The molecule has 1 aliphatic rings. The summed E-state index contributed by atoms with van der Waals surface area (Å²) in [6, 6.07) is 22.2. The van der Waals surface area contributed by atoms with Crippen molar-refractivity contribution in [3.8, 4) is 5.69 Å². The SMILES string of the molecule is S=C1N[C@H](c2ccccn2)[C@@H](c2cccn2-c2cccnc2)N1c1ccc(Br)cc1. The predicted octanol–water partition coefficient (Wildman–Crippen LogP) is 5.21. The lowest BCUT2D eigenvalue weighted by Crippen LogP contribution is -2.30. The molecule has 148 valence electrons. The lowest BCUT2D eigenvalue weighted by molar-refractivity contribution is 0.549. The first-order chi connectivity index (χ1) is 14.7. The molecule has 0 saturated carbocycles. The van der Waals surface area contributed by atoms with Crippen LogP contribution in [0.1, 0.15) is 23.5 Å². The van der Waals surface area contributed by atoms with Crippen LogP contribution in [0.2, 0.25) is 0 Å². The van der Waals surface area contributed by atoms with Crippen LogP contribution in [0.15, 0.2) is 96.0 Å². The molecule has 0 radical (unpaired) electrons. The van der Waals surface area contributed by atoms with E-state index in [-0.39, 0.29) is 12.1 Å². The second-order valence-electron chi connectivity index (χ2n) is 6.99. The second-order valence-corrected chi connectivity index (χ2v) is 8.29. The van der Waals surface area contributed by atoms with Gasteiger partial charge in [-0.3, -0.25) is 9.97 Å². The van der Waals surface area contributed by atoms with Crippen molar-refractivity contribution >= 4 is 38.9 Å². The van der Waals surface area contributed by atoms with Crippen LogP contribution in [0.3, 0.4) is 0 Å². The molecule has 1 aliphatic heterocycles. The molecule has 0 aliphatic carbocycles. The Labute approximate surface area is 188 Å². The lowest BCUT2D eigenvalue weighted by atomic mass is 10.0. The molecule has 0 unspecified atom stereocenters. The van der Waals surface area contributed by atoms with Crippen molar-refractivity contribution in [2.45, 2.75) is 12.1 Å². The van der Waals surface area contributed by atoms with Crippen LogP contribution in [0, 0.1) is 0 Å². The maximum Gasteiger partial charge on any atom is 0.174 e. The van der Waals surface area contributed by atoms with Gasteiger partial charge in [0.1, 0.15) is 6.04 Å². The van der Waals surface area contributed by atoms with Gasteiger partial charge in [0, 0.05) is 34.4 Å². The van der Waals surface area contributed by atoms with Crippen molar-refractivity contribution in [2.75, 3.05) is 4.90 Å². The molecule has 1 aromatic carbocycles. The fraction of sp³-hybridized carbons (Fsp3) is 0.0870. The molecule has 1 N–H and O–H groups in total. The molecule has 5 nitrogen and oxygen atoms in total. The Kier molecular flexibility index (Phi) is 5.06. The van der Waals surface area contributed by atoms with E-state index in [2.05, 4.69) is 77.2 Å². The average Bonchev–Trinajstić information content (AvgIpc) is 3.40. The molecule has 3 aromatic heterocycles. The number of benzene rings is 1. The van der Waals surface area contributed by atoms with Gasteiger partial charge in [-0.05, 0) is 72.9 Å². The molecular formula is C23H18BrN5S. The van der Waals surface area contributed by atoms with Gasteiger partial charge in [0.15, 0.2) is 5.11 Å². The summed E-state index contributed by atoms with van der Waals surface area (Å²) in [5.41, 5.74) is 4.08. The Morgan fingerprint density at radius 3 is 2.50 bits per heavy atom. The normalized spacial score (nSPS) is 18.4. The van der Waals surface area contributed by atoms with Gasteiger partial charge in [0.25, 0.3) is 0 Å².